The van der Waals surface area contributed by atoms with Crippen molar-refractivity contribution in [1.29, 1.82) is 0 Å². The van der Waals surface area contributed by atoms with Crippen LogP contribution in [0.1, 0.15) is 38.7 Å². The zero-order chi connectivity index (χ0) is 18.5. The molecular formula is C22H22N2O2. The smallest absolute Gasteiger partial charge is 0.252 e. The van der Waals surface area contributed by atoms with Gasteiger partial charge < -0.3 is 10.1 Å². The molecule has 0 unspecified atom stereocenters. The number of hydrogen-bond acceptors (Lipinski definition) is 3. The number of aryl methyl sites for hydroxylation is 2. The van der Waals surface area contributed by atoms with Gasteiger partial charge in [0.15, 0.2) is 0 Å². The predicted molar refractivity (Wildman–Crippen MR) is 102 cm³/mol. The number of ether oxygens (including phenoxy) is 1. The molecular weight excluding hydrogens is 324 g/mol. The molecule has 0 aliphatic heterocycles. The van der Waals surface area contributed by atoms with Gasteiger partial charge in [0.2, 0.25) is 0 Å². The van der Waals surface area contributed by atoms with Gasteiger partial charge in [-0.3, -0.25) is 9.78 Å². The Morgan fingerprint density at radius 3 is 2.65 bits per heavy atom. The minimum atomic E-state index is -0.276. The topological polar surface area (TPSA) is 51.2 Å². The highest BCUT2D eigenvalue weighted by Gasteiger charge is 2.20. The Morgan fingerprint density at radius 1 is 1.08 bits per heavy atom. The second-order valence-corrected chi connectivity index (χ2v) is 6.28. The average Bonchev–Trinajstić information content (AvgIpc) is 2.68. The normalized spacial score (nSPS) is 11.7. The number of rotatable bonds is 5. The van der Waals surface area contributed by atoms with Gasteiger partial charge in [0.25, 0.3) is 5.91 Å². The van der Waals surface area contributed by atoms with E-state index in [1.165, 1.54) is 0 Å². The number of amides is 1. The maximum absolute atomic E-state index is 12.9. The predicted octanol–water partition coefficient (Wildman–Crippen LogP) is 4.23. The quantitative estimate of drug-likeness (QED) is 0.752. The molecule has 1 atom stereocenters. The SMILES string of the molecule is COc1cccc(C(=O)N[C@H](c2cccnc2)c2cc(C)ccc2C)c1. The van der Waals surface area contributed by atoms with E-state index in [0.29, 0.717) is 11.3 Å². The molecule has 4 heteroatoms. The maximum Gasteiger partial charge on any atom is 0.252 e. The van der Waals surface area contributed by atoms with Crippen LogP contribution < -0.4 is 10.1 Å². The van der Waals surface area contributed by atoms with E-state index in [1.807, 2.05) is 31.2 Å². The highest BCUT2D eigenvalue weighted by atomic mass is 16.5. The van der Waals surface area contributed by atoms with Crippen LogP contribution in [0.5, 0.6) is 5.75 Å². The molecule has 132 valence electrons. The van der Waals surface area contributed by atoms with Gasteiger partial charge in [-0.25, -0.2) is 0 Å². The van der Waals surface area contributed by atoms with E-state index >= 15 is 0 Å². The van der Waals surface area contributed by atoms with Crippen LogP contribution in [0.2, 0.25) is 0 Å². The van der Waals surface area contributed by atoms with Crippen molar-refractivity contribution in [1.82, 2.24) is 10.3 Å². The van der Waals surface area contributed by atoms with Gasteiger partial charge in [-0.1, -0.05) is 35.9 Å². The van der Waals surface area contributed by atoms with Gasteiger partial charge >= 0.3 is 0 Å². The molecule has 0 radical (unpaired) electrons. The Kier molecular flexibility index (Phi) is 5.32. The molecule has 1 N–H and O–H groups in total. The fraction of sp³-hybridized carbons (Fsp3) is 0.182. The first kappa shape index (κ1) is 17.7. The van der Waals surface area contributed by atoms with Crippen LogP contribution in [-0.4, -0.2) is 18.0 Å². The van der Waals surface area contributed by atoms with Crippen LogP contribution in [0, 0.1) is 13.8 Å². The lowest BCUT2D eigenvalue weighted by molar-refractivity contribution is 0.0942. The van der Waals surface area contributed by atoms with Crippen LogP contribution in [0.4, 0.5) is 0 Å². The Hall–Kier alpha value is -3.14. The van der Waals surface area contributed by atoms with Crippen LogP contribution in [0.3, 0.4) is 0 Å². The van der Waals surface area contributed by atoms with Crippen LogP contribution in [-0.2, 0) is 0 Å². The Bertz CT molecular complexity index is 907. The molecule has 0 aliphatic rings. The Labute approximate surface area is 153 Å². The number of nitrogens with one attached hydrogen (secondary N) is 1. The molecule has 0 saturated heterocycles. The van der Waals surface area contributed by atoms with Gasteiger partial charge in [0.1, 0.15) is 5.75 Å². The number of hydrogen-bond donors (Lipinski definition) is 1. The molecule has 26 heavy (non-hydrogen) atoms. The van der Waals surface area contributed by atoms with Gasteiger partial charge in [-0.15, -0.1) is 0 Å². The van der Waals surface area contributed by atoms with Crippen molar-refractivity contribution in [2.45, 2.75) is 19.9 Å². The van der Waals surface area contributed by atoms with Gasteiger partial charge in [-0.2, -0.15) is 0 Å². The van der Waals surface area contributed by atoms with Crippen molar-refractivity contribution >= 4 is 5.91 Å². The second-order valence-electron chi connectivity index (χ2n) is 6.28. The molecule has 0 bridgehead atoms. The Balaban J connectivity index is 1.98. The van der Waals surface area contributed by atoms with Crippen molar-refractivity contribution in [3.63, 3.8) is 0 Å². The fourth-order valence-corrected chi connectivity index (χ4v) is 2.94. The minimum absolute atomic E-state index is 0.154. The third kappa shape index (κ3) is 3.91. The van der Waals surface area contributed by atoms with E-state index in [-0.39, 0.29) is 11.9 Å². The number of carbonyl (C=O) groups is 1. The first-order valence-electron chi connectivity index (χ1n) is 8.50. The fourth-order valence-electron chi connectivity index (χ4n) is 2.94. The van der Waals surface area contributed by atoms with Gasteiger partial charge in [-0.05, 0) is 54.8 Å². The number of pyridine rings is 1. The number of nitrogens with zero attached hydrogens (tertiary/aromatic N) is 1. The zero-order valence-corrected chi connectivity index (χ0v) is 15.2. The number of benzene rings is 2. The lowest BCUT2D eigenvalue weighted by atomic mass is 9.94. The number of carbonyl (C=O) groups excluding carboxylic acids is 1. The average molecular weight is 346 g/mol. The summed E-state index contributed by atoms with van der Waals surface area (Å²) < 4.78 is 5.22. The summed E-state index contributed by atoms with van der Waals surface area (Å²) in [7, 11) is 1.59. The van der Waals surface area contributed by atoms with Crippen molar-refractivity contribution in [2.75, 3.05) is 7.11 Å². The summed E-state index contributed by atoms with van der Waals surface area (Å²) in [5.41, 5.74) is 4.83. The molecule has 0 spiro atoms. The van der Waals surface area contributed by atoms with E-state index in [1.54, 1.807) is 31.6 Å². The molecule has 1 heterocycles. The number of methoxy groups -OCH3 is 1. The first-order valence-corrected chi connectivity index (χ1v) is 8.50. The summed E-state index contributed by atoms with van der Waals surface area (Å²) in [6.45, 7) is 4.10. The van der Waals surface area contributed by atoms with Gasteiger partial charge in [0.05, 0.1) is 13.2 Å². The molecule has 0 aliphatic carbocycles. The monoisotopic (exact) mass is 346 g/mol. The molecule has 4 nitrogen and oxygen atoms in total. The lowest BCUT2D eigenvalue weighted by Crippen LogP contribution is -2.30. The van der Waals surface area contributed by atoms with Crippen molar-refractivity contribution in [2.24, 2.45) is 0 Å². The third-order valence-electron chi connectivity index (χ3n) is 4.37. The molecule has 0 saturated carbocycles. The molecule has 3 aromatic rings. The number of aromatic nitrogens is 1. The van der Waals surface area contributed by atoms with Crippen molar-refractivity contribution in [3.8, 4) is 5.75 Å². The minimum Gasteiger partial charge on any atom is -0.497 e. The van der Waals surface area contributed by atoms with E-state index < -0.39 is 0 Å². The molecule has 0 fully saturated rings. The standard InChI is InChI=1S/C22H22N2O2/c1-15-9-10-16(2)20(12-15)21(18-7-5-11-23-14-18)24-22(25)17-6-4-8-19(13-17)26-3/h4-14,21H,1-3H3,(H,24,25)/t21-/m1/s1. The Morgan fingerprint density at radius 2 is 1.92 bits per heavy atom. The third-order valence-corrected chi connectivity index (χ3v) is 4.37. The van der Waals surface area contributed by atoms with Crippen molar-refractivity contribution in [3.05, 3.63) is 94.8 Å². The summed E-state index contributed by atoms with van der Waals surface area (Å²) in [5.74, 6) is 0.501. The highest BCUT2D eigenvalue weighted by molar-refractivity contribution is 5.95. The zero-order valence-electron chi connectivity index (χ0n) is 15.2. The molecule has 3 rings (SSSR count). The van der Waals surface area contributed by atoms with Crippen LogP contribution in [0.15, 0.2) is 67.0 Å². The van der Waals surface area contributed by atoms with E-state index in [2.05, 4.69) is 35.4 Å². The van der Waals surface area contributed by atoms with Gasteiger partial charge in [0, 0.05) is 18.0 Å². The maximum atomic E-state index is 12.9. The van der Waals surface area contributed by atoms with Crippen molar-refractivity contribution < 1.29 is 9.53 Å². The van der Waals surface area contributed by atoms with E-state index in [4.69, 9.17) is 4.74 Å². The lowest BCUT2D eigenvalue weighted by Gasteiger charge is -2.22. The largest absolute Gasteiger partial charge is 0.497 e. The summed E-state index contributed by atoms with van der Waals surface area (Å²) >= 11 is 0. The summed E-state index contributed by atoms with van der Waals surface area (Å²) in [4.78, 5) is 17.1. The van der Waals surface area contributed by atoms with E-state index in [9.17, 15) is 4.79 Å². The highest BCUT2D eigenvalue weighted by Crippen LogP contribution is 2.26. The van der Waals surface area contributed by atoms with Crippen LogP contribution in [0.25, 0.3) is 0 Å². The van der Waals surface area contributed by atoms with E-state index in [0.717, 1.165) is 22.3 Å². The summed E-state index contributed by atoms with van der Waals surface area (Å²) in [6, 6.07) is 17.0. The first-order chi connectivity index (χ1) is 12.6. The van der Waals surface area contributed by atoms with Crippen LogP contribution >= 0.6 is 0 Å². The summed E-state index contributed by atoms with van der Waals surface area (Å²) in [5, 5.41) is 3.15. The summed E-state index contributed by atoms with van der Waals surface area (Å²) in [6.07, 6.45) is 3.52. The molecule has 2 aromatic carbocycles. The molecule has 1 aromatic heterocycles. The molecule has 1 amide bonds. The second kappa shape index (κ2) is 7.83.